The smallest absolute Gasteiger partial charge is 0.251 e. The van der Waals surface area contributed by atoms with E-state index in [9.17, 15) is 9.59 Å². The van der Waals surface area contributed by atoms with Crippen molar-refractivity contribution in [2.24, 2.45) is 0 Å². The number of piperidine rings is 1. The summed E-state index contributed by atoms with van der Waals surface area (Å²) in [5.74, 6) is 1.02. The Balaban J connectivity index is 1.40. The molecule has 1 aliphatic heterocycles. The van der Waals surface area contributed by atoms with Gasteiger partial charge in [0.15, 0.2) is 0 Å². The maximum Gasteiger partial charge on any atom is 0.251 e. The van der Waals surface area contributed by atoms with Gasteiger partial charge in [-0.25, -0.2) is 4.98 Å². The molecular weight excluding hydrogens is 400 g/mol. The number of amides is 2. The highest BCUT2D eigenvalue weighted by molar-refractivity contribution is 5.95. The average molecular weight is 433 g/mol. The topological polar surface area (TPSA) is 67.2 Å². The molecule has 3 aromatic rings. The standard InChI is InChI=1S/C26H32N4O2/c1-19-12-13-21(20(2)17-19)26(32)27-14-8-11-24-28-22-9-4-5-10-23(22)30(24)18-25(31)29-15-6-3-7-16-29/h4-5,9-10,12-13,17H,3,6-8,11,14-16,18H2,1-2H3,(H,27,32). The number of fused-ring (bicyclic) bond motifs is 1. The summed E-state index contributed by atoms with van der Waals surface area (Å²) in [6.45, 7) is 6.58. The first-order valence-corrected chi connectivity index (χ1v) is 11.6. The van der Waals surface area contributed by atoms with E-state index in [-0.39, 0.29) is 11.8 Å². The van der Waals surface area contributed by atoms with Gasteiger partial charge in [0.2, 0.25) is 5.91 Å². The minimum atomic E-state index is -0.0451. The minimum Gasteiger partial charge on any atom is -0.352 e. The fourth-order valence-electron chi connectivity index (χ4n) is 4.48. The van der Waals surface area contributed by atoms with Gasteiger partial charge >= 0.3 is 0 Å². The summed E-state index contributed by atoms with van der Waals surface area (Å²) in [7, 11) is 0. The molecule has 168 valence electrons. The maximum atomic E-state index is 12.9. The van der Waals surface area contributed by atoms with E-state index in [1.165, 1.54) is 6.42 Å². The lowest BCUT2D eigenvalue weighted by Gasteiger charge is -2.27. The van der Waals surface area contributed by atoms with E-state index in [2.05, 4.69) is 9.88 Å². The number of hydrogen-bond donors (Lipinski definition) is 1. The highest BCUT2D eigenvalue weighted by Gasteiger charge is 2.20. The molecule has 1 saturated heterocycles. The molecule has 0 unspecified atom stereocenters. The van der Waals surface area contributed by atoms with Crippen LogP contribution in [0.4, 0.5) is 0 Å². The number of carbonyl (C=O) groups excluding carboxylic acids is 2. The highest BCUT2D eigenvalue weighted by atomic mass is 16.2. The van der Waals surface area contributed by atoms with Crippen LogP contribution < -0.4 is 5.32 Å². The van der Waals surface area contributed by atoms with E-state index in [0.717, 1.165) is 65.9 Å². The molecule has 0 atom stereocenters. The van der Waals surface area contributed by atoms with Crippen LogP contribution in [-0.4, -0.2) is 45.9 Å². The molecule has 6 nitrogen and oxygen atoms in total. The van der Waals surface area contributed by atoms with Crippen LogP contribution in [0.1, 0.15) is 53.0 Å². The third-order valence-electron chi connectivity index (χ3n) is 6.23. The molecule has 6 heteroatoms. The van der Waals surface area contributed by atoms with Crippen molar-refractivity contribution in [1.82, 2.24) is 19.8 Å². The number of benzene rings is 2. The zero-order valence-corrected chi connectivity index (χ0v) is 19.1. The van der Waals surface area contributed by atoms with Crippen LogP contribution in [0.2, 0.25) is 0 Å². The molecule has 0 aliphatic carbocycles. The predicted molar refractivity (Wildman–Crippen MR) is 127 cm³/mol. The fourth-order valence-corrected chi connectivity index (χ4v) is 4.48. The number of para-hydroxylation sites is 2. The molecule has 1 aromatic heterocycles. The summed E-state index contributed by atoms with van der Waals surface area (Å²) in [5.41, 5.74) is 4.76. The molecule has 1 fully saturated rings. The van der Waals surface area contributed by atoms with Crippen LogP contribution in [0, 0.1) is 13.8 Å². The van der Waals surface area contributed by atoms with Gasteiger partial charge in [-0.05, 0) is 63.3 Å². The van der Waals surface area contributed by atoms with Gasteiger partial charge < -0.3 is 14.8 Å². The summed E-state index contributed by atoms with van der Waals surface area (Å²) in [6, 6.07) is 13.8. The van der Waals surface area contributed by atoms with Gasteiger partial charge in [0.25, 0.3) is 5.91 Å². The Hall–Kier alpha value is -3.15. The summed E-state index contributed by atoms with van der Waals surface area (Å²) >= 11 is 0. The van der Waals surface area contributed by atoms with Gasteiger partial charge in [-0.2, -0.15) is 0 Å². The second-order valence-electron chi connectivity index (χ2n) is 8.72. The molecule has 0 saturated carbocycles. The Morgan fingerprint density at radius 3 is 2.59 bits per heavy atom. The third-order valence-corrected chi connectivity index (χ3v) is 6.23. The van der Waals surface area contributed by atoms with Crippen LogP contribution in [0.5, 0.6) is 0 Å². The first-order chi connectivity index (χ1) is 15.5. The number of nitrogens with zero attached hydrogens (tertiary/aromatic N) is 3. The second kappa shape index (κ2) is 9.98. The molecule has 32 heavy (non-hydrogen) atoms. The number of aromatic nitrogens is 2. The van der Waals surface area contributed by atoms with Gasteiger partial charge in [-0.15, -0.1) is 0 Å². The Bertz CT molecular complexity index is 1110. The molecule has 2 aromatic carbocycles. The lowest BCUT2D eigenvalue weighted by Crippen LogP contribution is -2.38. The summed E-state index contributed by atoms with van der Waals surface area (Å²) < 4.78 is 2.05. The van der Waals surface area contributed by atoms with Crippen LogP contribution in [0.15, 0.2) is 42.5 Å². The van der Waals surface area contributed by atoms with Crippen molar-refractivity contribution >= 4 is 22.8 Å². The number of imidazole rings is 1. The van der Waals surface area contributed by atoms with Gasteiger partial charge in [-0.1, -0.05) is 29.8 Å². The van der Waals surface area contributed by atoms with E-state index >= 15 is 0 Å². The Labute approximate surface area is 189 Å². The third kappa shape index (κ3) is 5.01. The molecule has 4 rings (SSSR count). The van der Waals surface area contributed by atoms with E-state index in [0.29, 0.717) is 19.5 Å². The average Bonchev–Trinajstić information content (AvgIpc) is 3.14. The lowest BCUT2D eigenvalue weighted by molar-refractivity contribution is -0.132. The molecule has 0 spiro atoms. The molecule has 1 N–H and O–H groups in total. The van der Waals surface area contributed by atoms with Crippen LogP contribution in [0.3, 0.4) is 0 Å². The van der Waals surface area contributed by atoms with E-state index in [1.54, 1.807) is 0 Å². The van der Waals surface area contributed by atoms with Gasteiger partial charge in [0.1, 0.15) is 12.4 Å². The van der Waals surface area contributed by atoms with Gasteiger partial charge in [-0.3, -0.25) is 9.59 Å². The summed E-state index contributed by atoms with van der Waals surface area (Å²) in [5, 5.41) is 3.02. The monoisotopic (exact) mass is 432 g/mol. The van der Waals surface area contributed by atoms with Crippen molar-refractivity contribution in [3.63, 3.8) is 0 Å². The molecule has 2 heterocycles. The number of aryl methyl sites for hydroxylation is 3. The second-order valence-corrected chi connectivity index (χ2v) is 8.72. The number of hydrogen-bond acceptors (Lipinski definition) is 3. The number of rotatable bonds is 7. The van der Waals surface area contributed by atoms with Gasteiger partial charge in [0, 0.05) is 31.6 Å². The van der Waals surface area contributed by atoms with Crippen LogP contribution in [0.25, 0.3) is 11.0 Å². The highest BCUT2D eigenvalue weighted by Crippen LogP contribution is 2.19. The normalized spacial score (nSPS) is 14.0. The van der Waals surface area contributed by atoms with Crippen molar-refractivity contribution in [3.05, 3.63) is 65.0 Å². The lowest BCUT2D eigenvalue weighted by atomic mass is 10.1. The molecule has 0 bridgehead atoms. The summed E-state index contributed by atoms with van der Waals surface area (Å²) in [4.78, 5) is 32.2. The Morgan fingerprint density at radius 1 is 1.03 bits per heavy atom. The SMILES string of the molecule is Cc1ccc(C(=O)NCCCc2nc3ccccc3n2CC(=O)N2CCCCC2)c(C)c1. The maximum absolute atomic E-state index is 12.9. The largest absolute Gasteiger partial charge is 0.352 e. The number of likely N-dealkylation sites (tertiary alicyclic amines) is 1. The molecule has 1 aliphatic rings. The van der Waals surface area contributed by atoms with E-state index in [4.69, 9.17) is 4.98 Å². The van der Waals surface area contributed by atoms with Crippen molar-refractivity contribution in [1.29, 1.82) is 0 Å². The van der Waals surface area contributed by atoms with E-state index < -0.39 is 0 Å². The van der Waals surface area contributed by atoms with Crippen LogP contribution >= 0.6 is 0 Å². The zero-order valence-electron chi connectivity index (χ0n) is 19.1. The predicted octanol–water partition coefficient (Wildman–Crippen LogP) is 4.03. The van der Waals surface area contributed by atoms with Crippen molar-refractivity contribution < 1.29 is 9.59 Å². The molecular formula is C26H32N4O2. The first-order valence-electron chi connectivity index (χ1n) is 11.6. The fraction of sp³-hybridized carbons (Fsp3) is 0.423. The number of nitrogens with one attached hydrogen (secondary N) is 1. The molecule has 0 radical (unpaired) electrons. The summed E-state index contributed by atoms with van der Waals surface area (Å²) in [6.07, 6.45) is 4.84. The van der Waals surface area contributed by atoms with Gasteiger partial charge in [0.05, 0.1) is 11.0 Å². The first kappa shape index (κ1) is 22.1. The van der Waals surface area contributed by atoms with E-state index in [1.807, 2.05) is 61.2 Å². The zero-order chi connectivity index (χ0) is 22.5. The Morgan fingerprint density at radius 2 is 1.81 bits per heavy atom. The van der Waals surface area contributed by atoms with Crippen LogP contribution in [-0.2, 0) is 17.8 Å². The van der Waals surface area contributed by atoms with Crippen molar-refractivity contribution in [2.45, 2.75) is 52.5 Å². The Kier molecular flexibility index (Phi) is 6.88. The minimum absolute atomic E-state index is 0.0451. The van der Waals surface area contributed by atoms with Crippen molar-refractivity contribution in [3.8, 4) is 0 Å². The quantitative estimate of drug-likeness (QED) is 0.573. The number of carbonyl (C=O) groups is 2. The van der Waals surface area contributed by atoms with Crippen molar-refractivity contribution in [2.75, 3.05) is 19.6 Å². The molecule has 2 amide bonds.